The number of imidazole rings is 1. The van der Waals surface area contributed by atoms with E-state index >= 15 is 0 Å². The number of rotatable bonds is 2. The van der Waals surface area contributed by atoms with Gasteiger partial charge in [-0.05, 0) is 39.8 Å². The van der Waals surface area contributed by atoms with Crippen LogP contribution in [0.25, 0.3) is 11.0 Å². The summed E-state index contributed by atoms with van der Waals surface area (Å²) in [5, 5.41) is 3.42. The van der Waals surface area contributed by atoms with Gasteiger partial charge < -0.3 is 9.88 Å². The fourth-order valence-corrected chi connectivity index (χ4v) is 3.26. The van der Waals surface area contributed by atoms with Crippen molar-refractivity contribution in [3.63, 3.8) is 0 Å². The first-order chi connectivity index (χ1) is 9.98. The van der Waals surface area contributed by atoms with E-state index in [2.05, 4.69) is 66.7 Å². The quantitative estimate of drug-likeness (QED) is 0.921. The van der Waals surface area contributed by atoms with Crippen LogP contribution in [-0.4, -0.2) is 40.6 Å². The van der Waals surface area contributed by atoms with Crippen molar-refractivity contribution < 1.29 is 0 Å². The van der Waals surface area contributed by atoms with Gasteiger partial charge in [0.25, 0.3) is 0 Å². The first kappa shape index (κ1) is 14.5. The SMILES string of the molecule is CC(c1nc2ccccc2n1C(C)(C)C)N1CCNCC1. The van der Waals surface area contributed by atoms with Crippen LogP contribution in [0, 0.1) is 0 Å². The molecule has 1 aliphatic rings. The molecule has 1 aromatic carbocycles. The number of fused-ring (bicyclic) bond motifs is 1. The Bertz CT molecular complexity index is 617. The predicted molar refractivity (Wildman–Crippen MR) is 87.6 cm³/mol. The van der Waals surface area contributed by atoms with E-state index in [-0.39, 0.29) is 5.54 Å². The molecule has 1 aromatic heterocycles. The summed E-state index contributed by atoms with van der Waals surface area (Å²) in [4.78, 5) is 7.48. The Morgan fingerprint density at radius 1 is 1.14 bits per heavy atom. The molecule has 0 radical (unpaired) electrons. The molecule has 0 aliphatic carbocycles. The van der Waals surface area contributed by atoms with Crippen LogP contribution < -0.4 is 5.32 Å². The third-order valence-electron chi connectivity index (χ3n) is 4.33. The lowest BCUT2D eigenvalue weighted by Crippen LogP contribution is -2.45. The van der Waals surface area contributed by atoms with Gasteiger partial charge in [0.1, 0.15) is 5.82 Å². The first-order valence-electron chi connectivity index (χ1n) is 7.91. The fraction of sp³-hybridized carbons (Fsp3) is 0.588. The molecular weight excluding hydrogens is 260 g/mol. The van der Waals surface area contributed by atoms with Crippen molar-refractivity contribution in [1.82, 2.24) is 19.8 Å². The van der Waals surface area contributed by atoms with E-state index < -0.39 is 0 Å². The molecule has 1 unspecified atom stereocenters. The molecule has 2 aromatic rings. The van der Waals surface area contributed by atoms with E-state index in [1.165, 1.54) is 11.3 Å². The maximum absolute atomic E-state index is 4.96. The van der Waals surface area contributed by atoms with Gasteiger partial charge in [-0.1, -0.05) is 12.1 Å². The van der Waals surface area contributed by atoms with Crippen LogP contribution in [-0.2, 0) is 5.54 Å². The average Bonchev–Trinajstić information content (AvgIpc) is 2.86. The third-order valence-corrected chi connectivity index (χ3v) is 4.33. The minimum Gasteiger partial charge on any atom is -0.321 e. The molecule has 21 heavy (non-hydrogen) atoms. The fourth-order valence-electron chi connectivity index (χ4n) is 3.26. The summed E-state index contributed by atoms with van der Waals surface area (Å²) < 4.78 is 2.41. The number of hydrogen-bond donors (Lipinski definition) is 1. The van der Waals surface area contributed by atoms with E-state index in [1.807, 2.05) is 0 Å². The van der Waals surface area contributed by atoms with Crippen molar-refractivity contribution >= 4 is 11.0 Å². The minimum atomic E-state index is 0.0354. The summed E-state index contributed by atoms with van der Waals surface area (Å²) in [6.45, 7) is 13.4. The largest absolute Gasteiger partial charge is 0.321 e. The molecule has 2 heterocycles. The highest BCUT2D eigenvalue weighted by Crippen LogP contribution is 2.30. The summed E-state index contributed by atoms with van der Waals surface area (Å²) in [6, 6.07) is 8.82. The highest BCUT2D eigenvalue weighted by atomic mass is 15.3. The summed E-state index contributed by atoms with van der Waals surface area (Å²) in [7, 11) is 0. The monoisotopic (exact) mass is 286 g/mol. The maximum Gasteiger partial charge on any atom is 0.127 e. The molecular formula is C17H26N4. The molecule has 0 saturated carbocycles. The van der Waals surface area contributed by atoms with Crippen LogP contribution in [0.15, 0.2) is 24.3 Å². The van der Waals surface area contributed by atoms with Crippen LogP contribution in [0.4, 0.5) is 0 Å². The first-order valence-corrected chi connectivity index (χ1v) is 7.91. The Balaban J connectivity index is 2.08. The van der Waals surface area contributed by atoms with Crippen LogP contribution >= 0.6 is 0 Å². The number of hydrogen-bond acceptors (Lipinski definition) is 3. The van der Waals surface area contributed by atoms with Crippen LogP contribution in [0.3, 0.4) is 0 Å². The molecule has 4 heteroatoms. The Morgan fingerprint density at radius 2 is 1.81 bits per heavy atom. The van der Waals surface area contributed by atoms with E-state index in [4.69, 9.17) is 4.98 Å². The van der Waals surface area contributed by atoms with Gasteiger partial charge in [0.15, 0.2) is 0 Å². The molecule has 0 amide bonds. The lowest BCUT2D eigenvalue weighted by atomic mass is 10.1. The number of para-hydroxylation sites is 2. The maximum atomic E-state index is 4.96. The molecule has 1 atom stereocenters. The van der Waals surface area contributed by atoms with Gasteiger partial charge in [0.05, 0.1) is 17.1 Å². The van der Waals surface area contributed by atoms with Gasteiger partial charge in [0, 0.05) is 31.7 Å². The van der Waals surface area contributed by atoms with Crippen molar-refractivity contribution in [3.05, 3.63) is 30.1 Å². The van der Waals surface area contributed by atoms with E-state index in [0.717, 1.165) is 31.7 Å². The van der Waals surface area contributed by atoms with Crippen molar-refractivity contribution in [3.8, 4) is 0 Å². The lowest BCUT2D eigenvalue weighted by Gasteiger charge is -2.34. The summed E-state index contributed by atoms with van der Waals surface area (Å²) >= 11 is 0. The second-order valence-corrected chi connectivity index (χ2v) is 6.93. The molecule has 1 N–H and O–H groups in total. The van der Waals surface area contributed by atoms with Gasteiger partial charge in [-0.15, -0.1) is 0 Å². The topological polar surface area (TPSA) is 33.1 Å². The van der Waals surface area contributed by atoms with Crippen molar-refractivity contribution in [2.24, 2.45) is 0 Å². The predicted octanol–water partition coefficient (Wildman–Crippen LogP) is 2.76. The summed E-state index contributed by atoms with van der Waals surface area (Å²) in [6.07, 6.45) is 0. The number of nitrogens with zero attached hydrogens (tertiary/aromatic N) is 3. The molecule has 4 nitrogen and oxygen atoms in total. The van der Waals surface area contributed by atoms with Crippen molar-refractivity contribution in [2.75, 3.05) is 26.2 Å². The molecule has 1 aliphatic heterocycles. The standard InChI is InChI=1S/C17H26N4/c1-13(20-11-9-18-10-12-20)16-19-14-7-5-6-8-15(14)21(16)17(2,3)4/h5-8,13,18H,9-12H2,1-4H3. The van der Waals surface area contributed by atoms with Gasteiger partial charge >= 0.3 is 0 Å². The normalized spacial score (nSPS) is 19.0. The van der Waals surface area contributed by atoms with Crippen LogP contribution in [0.1, 0.15) is 39.6 Å². The average molecular weight is 286 g/mol. The second-order valence-electron chi connectivity index (χ2n) is 6.93. The second kappa shape index (κ2) is 5.43. The van der Waals surface area contributed by atoms with Crippen molar-refractivity contribution in [2.45, 2.75) is 39.3 Å². The van der Waals surface area contributed by atoms with E-state index in [0.29, 0.717) is 6.04 Å². The number of piperazine rings is 1. The van der Waals surface area contributed by atoms with Crippen molar-refractivity contribution in [1.29, 1.82) is 0 Å². The van der Waals surface area contributed by atoms with Gasteiger partial charge in [-0.2, -0.15) is 0 Å². The summed E-state index contributed by atoms with van der Waals surface area (Å²) in [5.74, 6) is 1.19. The molecule has 0 spiro atoms. The Labute approximate surface area is 127 Å². The molecule has 0 bridgehead atoms. The smallest absolute Gasteiger partial charge is 0.127 e. The minimum absolute atomic E-state index is 0.0354. The third kappa shape index (κ3) is 2.70. The van der Waals surface area contributed by atoms with E-state index in [9.17, 15) is 0 Å². The zero-order chi connectivity index (χ0) is 15.0. The number of benzene rings is 1. The molecule has 1 saturated heterocycles. The molecule has 114 valence electrons. The molecule has 3 rings (SSSR count). The van der Waals surface area contributed by atoms with Gasteiger partial charge in [0.2, 0.25) is 0 Å². The highest BCUT2D eigenvalue weighted by molar-refractivity contribution is 5.76. The lowest BCUT2D eigenvalue weighted by molar-refractivity contribution is 0.171. The number of nitrogens with one attached hydrogen (secondary N) is 1. The molecule has 1 fully saturated rings. The Kier molecular flexibility index (Phi) is 3.76. The van der Waals surface area contributed by atoms with Crippen LogP contribution in [0.5, 0.6) is 0 Å². The van der Waals surface area contributed by atoms with Crippen LogP contribution in [0.2, 0.25) is 0 Å². The number of aromatic nitrogens is 2. The zero-order valence-electron chi connectivity index (χ0n) is 13.6. The highest BCUT2D eigenvalue weighted by Gasteiger charge is 2.27. The van der Waals surface area contributed by atoms with E-state index in [1.54, 1.807) is 0 Å². The summed E-state index contributed by atoms with van der Waals surface area (Å²) in [5.41, 5.74) is 2.37. The van der Waals surface area contributed by atoms with Gasteiger partial charge in [-0.25, -0.2) is 4.98 Å². The Morgan fingerprint density at radius 3 is 2.48 bits per heavy atom. The van der Waals surface area contributed by atoms with Gasteiger partial charge in [-0.3, -0.25) is 4.90 Å². The zero-order valence-corrected chi connectivity index (χ0v) is 13.6. The Hall–Kier alpha value is -1.39.